The lowest BCUT2D eigenvalue weighted by Crippen LogP contribution is -2.49. The van der Waals surface area contributed by atoms with Gasteiger partial charge in [-0.05, 0) is 48.0 Å². The molecule has 1 heterocycles. The van der Waals surface area contributed by atoms with Crippen molar-refractivity contribution in [3.8, 4) is 17.2 Å². The summed E-state index contributed by atoms with van der Waals surface area (Å²) in [4.78, 5) is 14.4. The summed E-state index contributed by atoms with van der Waals surface area (Å²) >= 11 is 0. The molecule has 0 aromatic heterocycles. The molecule has 6 heteroatoms. The third-order valence-electron chi connectivity index (χ3n) is 6.09. The van der Waals surface area contributed by atoms with Gasteiger partial charge in [-0.15, -0.1) is 0 Å². The molecular weight excluding hydrogens is 394 g/mol. The Labute approximate surface area is 180 Å². The van der Waals surface area contributed by atoms with Crippen molar-refractivity contribution in [1.82, 2.24) is 0 Å². The summed E-state index contributed by atoms with van der Waals surface area (Å²) in [5.74, 6) is 2.01. The fraction of sp³-hybridized carbons (Fsp3) is 0.375. The molecule has 1 atom stereocenters. The van der Waals surface area contributed by atoms with Gasteiger partial charge in [0.25, 0.3) is 14.2 Å². The van der Waals surface area contributed by atoms with Gasteiger partial charge in [0.05, 0.1) is 20.3 Å². The van der Waals surface area contributed by atoms with E-state index in [9.17, 15) is 4.79 Å². The van der Waals surface area contributed by atoms with Crippen molar-refractivity contribution < 1.29 is 18.7 Å². The quantitative estimate of drug-likeness (QED) is 0.337. The second-order valence-corrected chi connectivity index (χ2v) is 13.8. The number of anilines is 1. The van der Waals surface area contributed by atoms with Crippen molar-refractivity contribution in [2.75, 3.05) is 19.1 Å². The van der Waals surface area contributed by atoms with E-state index >= 15 is 0 Å². The summed E-state index contributed by atoms with van der Waals surface area (Å²) in [5.41, 5.74) is 2.28. The first-order valence-corrected chi connectivity index (χ1v) is 12.9. The van der Waals surface area contributed by atoms with E-state index in [2.05, 4.69) is 40.4 Å². The van der Waals surface area contributed by atoms with Gasteiger partial charge < -0.3 is 13.9 Å². The van der Waals surface area contributed by atoms with E-state index in [-0.39, 0.29) is 17.0 Å². The number of hydrogen-bond acceptors (Lipinski definition) is 4. The number of nitrogens with zero attached hydrogens (tertiary/aromatic N) is 1. The number of rotatable bonds is 6. The summed E-state index contributed by atoms with van der Waals surface area (Å²) < 4.78 is 17.4. The Hall–Kier alpha value is -2.73. The predicted molar refractivity (Wildman–Crippen MR) is 123 cm³/mol. The van der Waals surface area contributed by atoms with Crippen LogP contribution in [0.4, 0.5) is 5.69 Å². The number of amides is 1. The third-order valence-corrected chi connectivity index (χ3v) is 10.4. The molecule has 5 nitrogen and oxygen atoms in total. The van der Waals surface area contributed by atoms with Crippen LogP contribution in [0.15, 0.2) is 54.6 Å². The maximum absolute atomic E-state index is 12.7. The number of carbonyl (C=O) groups excluding carboxylic acids is 1. The molecular formula is C24H31NO4Si. The molecule has 30 heavy (non-hydrogen) atoms. The SMILES string of the molecule is C=C1C(=O)N(c2cccc(OC)c2)[C@H]1c1ccc(OC)c(O[Si](C)(C)C(C)(C)C)c1. The van der Waals surface area contributed by atoms with Crippen LogP contribution in [0.25, 0.3) is 0 Å². The average Bonchev–Trinajstić information content (AvgIpc) is 2.70. The molecule has 1 amide bonds. The molecule has 0 bridgehead atoms. The second-order valence-electron chi connectivity index (χ2n) is 9.08. The lowest BCUT2D eigenvalue weighted by atomic mass is 9.88. The molecule has 0 saturated carbocycles. The zero-order chi connectivity index (χ0) is 22.3. The maximum atomic E-state index is 12.7. The van der Waals surface area contributed by atoms with E-state index < -0.39 is 8.32 Å². The molecule has 1 aliphatic heterocycles. The van der Waals surface area contributed by atoms with E-state index in [0.717, 1.165) is 11.3 Å². The zero-order valence-electron chi connectivity index (χ0n) is 18.9. The topological polar surface area (TPSA) is 48.0 Å². The van der Waals surface area contributed by atoms with Gasteiger partial charge in [-0.3, -0.25) is 9.69 Å². The normalized spacial score (nSPS) is 16.9. The van der Waals surface area contributed by atoms with Crippen LogP contribution in [0.1, 0.15) is 32.4 Å². The molecule has 0 aliphatic carbocycles. The fourth-order valence-electron chi connectivity index (χ4n) is 3.23. The van der Waals surface area contributed by atoms with Crippen LogP contribution in [-0.4, -0.2) is 28.4 Å². The van der Waals surface area contributed by atoms with E-state index in [0.29, 0.717) is 22.8 Å². The van der Waals surface area contributed by atoms with Gasteiger partial charge in [0, 0.05) is 17.3 Å². The van der Waals surface area contributed by atoms with E-state index in [1.165, 1.54) is 0 Å². The van der Waals surface area contributed by atoms with Crippen LogP contribution in [0, 0.1) is 0 Å². The monoisotopic (exact) mass is 425 g/mol. The molecule has 0 radical (unpaired) electrons. The van der Waals surface area contributed by atoms with Gasteiger partial charge in [0.2, 0.25) is 0 Å². The largest absolute Gasteiger partial charge is 0.541 e. The van der Waals surface area contributed by atoms with Gasteiger partial charge >= 0.3 is 0 Å². The molecule has 0 unspecified atom stereocenters. The van der Waals surface area contributed by atoms with Crippen molar-refractivity contribution in [2.45, 2.75) is 44.9 Å². The molecule has 0 spiro atoms. The number of methoxy groups -OCH3 is 2. The lowest BCUT2D eigenvalue weighted by molar-refractivity contribution is -0.118. The number of β-lactam (4-membered cyclic amide) rings is 1. The Morgan fingerprint density at radius 3 is 2.30 bits per heavy atom. The Balaban J connectivity index is 2.00. The molecule has 0 N–H and O–H groups in total. The molecule has 1 aliphatic rings. The van der Waals surface area contributed by atoms with Crippen LogP contribution in [0.2, 0.25) is 18.1 Å². The summed E-state index contributed by atoms with van der Waals surface area (Å²) in [6.07, 6.45) is 0. The van der Waals surface area contributed by atoms with Crippen molar-refractivity contribution in [1.29, 1.82) is 0 Å². The van der Waals surface area contributed by atoms with Gasteiger partial charge in [0.15, 0.2) is 5.75 Å². The van der Waals surface area contributed by atoms with Crippen molar-refractivity contribution in [3.63, 3.8) is 0 Å². The van der Waals surface area contributed by atoms with Crippen molar-refractivity contribution in [2.24, 2.45) is 0 Å². The average molecular weight is 426 g/mol. The Morgan fingerprint density at radius 1 is 1.00 bits per heavy atom. The Bertz CT molecular complexity index is 977. The fourth-order valence-corrected chi connectivity index (χ4v) is 4.24. The van der Waals surface area contributed by atoms with Crippen LogP contribution in [0.3, 0.4) is 0 Å². The third kappa shape index (κ3) is 3.84. The van der Waals surface area contributed by atoms with E-state index in [4.69, 9.17) is 13.9 Å². The Morgan fingerprint density at radius 2 is 1.70 bits per heavy atom. The number of hydrogen-bond donors (Lipinski definition) is 0. The van der Waals surface area contributed by atoms with Crippen LogP contribution >= 0.6 is 0 Å². The van der Waals surface area contributed by atoms with Gasteiger partial charge in [0.1, 0.15) is 11.5 Å². The first-order valence-electron chi connectivity index (χ1n) is 10.0. The van der Waals surface area contributed by atoms with E-state index in [1.54, 1.807) is 19.1 Å². The van der Waals surface area contributed by atoms with E-state index in [1.807, 2.05) is 42.5 Å². The highest BCUT2D eigenvalue weighted by atomic mass is 28.4. The summed E-state index contributed by atoms with van der Waals surface area (Å²) in [6.45, 7) is 15.0. The minimum atomic E-state index is -2.07. The number of ether oxygens (including phenoxy) is 2. The molecule has 160 valence electrons. The van der Waals surface area contributed by atoms with Crippen LogP contribution in [0.5, 0.6) is 17.2 Å². The van der Waals surface area contributed by atoms with Gasteiger partial charge in [-0.2, -0.15) is 0 Å². The second kappa shape index (κ2) is 7.83. The summed E-state index contributed by atoms with van der Waals surface area (Å²) in [6, 6.07) is 13.1. The highest BCUT2D eigenvalue weighted by Gasteiger charge is 2.44. The highest BCUT2D eigenvalue weighted by molar-refractivity contribution is 6.74. The number of benzene rings is 2. The molecule has 1 fully saturated rings. The lowest BCUT2D eigenvalue weighted by Gasteiger charge is -2.43. The maximum Gasteiger partial charge on any atom is 0.256 e. The highest BCUT2D eigenvalue weighted by Crippen LogP contribution is 2.46. The zero-order valence-corrected chi connectivity index (χ0v) is 19.9. The van der Waals surface area contributed by atoms with Crippen molar-refractivity contribution >= 4 is 19.9 Å². The predicted octanol–water partition coefficient (Wildman–Crippen LogP) is 5.73. The minimum Gasteiger partial charge on any atom is -0.541 e. The standard InChI is InChI=1S/C24H31NO4Si/c1-16-22(25(23(16)26)18-10-9-11-19(15-18)27-5)17-12-13-20(28-6)21(14-17)29-30(7,8)24(2,3)4/h9-15,22H,1H2,2-8H3/t22-/m1/s1. The van der Waals surface area contributed by atoms with Crippen LogP contribution in [-0.2, 0) is 4.79 Å². The summed E-state index contributed by atoms with van der Waals surface area (Å²) in [7, 11) is 1.19. The molecule has 3 rings (SSSR count). The smallest absolute Gasteiger partial charge is 0.256 e. The molecule has 2 aromatic rings. The van der Waals surface area contributed by atoms with Gasteiger partial charge in [-0.25, -0.2) is 0 Å². The van der Waals surface area contributed by atoms with Gasteiger partial charge in [-0.1, -0.05) is 39.5 Å². The molecule has 1 saturated heterocycles. The first kappa shape index (κ1) is 22.0. The first-order chi connectivity index (χ1) is 14.0. The van der Waals surface area contributed by atoms with Crippen molar-refractivity contribution in [3.05, 3.63) is 60.2 Å². The number of carbonyl (C=O) groups is 1. The minimum absolute atomic E-state index is 0.0523. The Kier molecular flexibility index (Phi) is 5.74. The molecule has 2 aromatic carbocycles. The summed E-state index contributed by atoms with van der Waals surface area (Å²) in [5, 5.41) is 0.0523. The van der Waals surface area contributed by atoms with Crippen LogP contribution < -0.4 is 18.8 Å².